The fraction of sp³-hybridized carbons (Fsp3) is 0.0400. The molecule has 2 aromatic heterocycles. The summed E-state index contributed by atoms with van der Waals surface area (Å²) in [6.45, 7) is -0.758. The first-order chi connectivity index (χ1) is 17.8. The van der Waals surface area contributed by atoms with Gasteiger partial charge in [0.2, 0.25) is 11.6 Å². The van der Waals surface area contributed by atoms with Gasteiger partial charge in [0, 0.05) is 17.0 Å². The second-order valence-corrected chi connectivity index (χ2v) is 8.61. The van der Waals surface area contributed by atoms with Crippen molar-refractivity contribution in [3.05, 3.63) is 97.2 Å². The van der Waals surface area contributed by atoms with Crippen LogP contribution in [-0.4, -0.2) is 38.5 Å². The lowest BCUT2D eigenvalue weighted by atomic mass is 10.2. The first-order valence-electron chi connectivity index (χ1n) is 10.7. The number of furan rings is 1. The number of carbonyl (C=O) groups is 1. The lowest BCUT2D eigenvalue weighted by Gasteiger charge is -2.09. The van der Waals surface area contributed by atoms with Gasteiger partial charge in [0.15, 0.2) is 12.4 Å². The first kappa shape index (κ1) is 23.9. The van der Waals surface area contributed by atoms with E-state index in [9.17, 15) is 19.7 Å². The molecular weight excluding hydrogens is 548 g/mol. The second kappa shape index (κ2) is 9.66. The normalized spacial score (nSPS) is 11.4. The van der Waals surface area contributed by atoms with Crippen molar-refractivity contribution in [1.29, 1.82) is 0 Å². The molecular formula is C25H15BrN4O7. The standard InChI is InChI=1S/C25H15BrN4O7/c26-17-9-14(10-19(30(34)35)23(17)36-13-22(31)32)12-27-29-24(21-11-15-5-1-4-8-20(15)37-21)28-18-7-3-2-6-16(18)25(29)33/h1-12H,13H2,(H,31,32). The number of hydrogen-bond donors (Lipinski definition) is 1. The number of nitro groups is 1. The van der Waals surface area contributed by atoms with Crippen molar-refractivity contribution in [2.75, 3.05) is 6.61 Å². The number of nitrogens with zero attached hydrogens (tertiary/aromatic N) is 4. The van der Waals surface area contributed by atoms with Gasteiger partial charge in [-0.3, -0.25) is 14.9 Å². The van der Waals surface area contributed by atoms with Gasteiger partial charge in [-0.05, 0) is 46.3 Å². The maximum absolute atomic E-state index is 13.4. The Morgan fingerprint density at radius 2 is 1.95 bits per heavy atom. The summed E-state index contributed by atoms with van der Waals surface area (Å²) in [5.74, 6) is -1.07. The van der Waals surface area contributed by atoms with E-state index in [0.29, 0.717) is 22.2 Å². The molecule has 0 bridgehead atoms. The lowest BCUT2D eigenvalue weighted by Crippen LogP contribution is -2.20. The maximum atomic E-state index is 13.4. The number of benzene rings is 3. The summed E-state index contributed by atoms with van der Waals surface area (Å²) in [6.07, 6.45) is 1.25. The molecule has 1 N–H and O–H groups in total. The summed E-state index contributed by atoms with van der Waals surface area (Å²) in [7, 11) is 0. The SMILES string of the molecule is O=C(O)COc1c(Br)cc(C=Nn2c(-c3cc4ccccc4o3)nc3ccccc3c2=O)cc1[N+](=O)[O-]. The molecule has 0 fully saturated rings. The van der Waals surface area contributed by atoms with Crippen LogP contribution < -0.4 is 10.3 Å². The van der Waals surface area contributed by atoms with E-state index in [1.807, 2.05) is 18.2 Å². The number of aromatic nitrogens is 2. The number of para-hydroxylation sites is 2. The largest absolute Gasteiger partial charge is 0.479 e. The Labute approximate surface area is 215 Å². The zero-order valence-corrected chi connectivity index (χ0v) is 20.3. The summed E-state index contributed by atoms with van der Waals surface area (Å²) in [5.41, 5.74) is 0.363. The molecule has 0 unspecified atom stereocenters. The van der Waals surface area contributed by atoms with Gasteiger partial charge in [-0.1, -0.05) is 30.3 Å². The Balaban J connectivity index is 1.65. The molecule has 3 aromatic carbocycles. The van der Waals surface area contributed by atoms with Crippen LogP contribution in [0.15, 0.2) is 85.5 Å². The summed E-state index contributed by atoms with van der Waals surface area (Å²) in [4.78, 5) is 39.7. The summed E-state index contributed by atoms with van der Waals surface area (Å²) in [5, 5.41) is 25.9. The topological polar surface area (TPSA) is 150 Å². The van der Waals surface area contributed by atoms with Crippen molar-refractivity contribution in [3.8, 4) is 17.3 Å². The molecule has 5 aromatic rings. The van der Waals surface area contributed by atoms with Gasteiger partial charge in [0.05, 0.1) is 26.5 Å². The Morgan fingerprint density at radius 3 is 2.70 bits per heavy atom. The van der Waals surface area contributed by atoms with Crippen molar-refractivity contribution in [1.82, 2.24) is 9.66 Å². The van der Waals surface area contributed by atoms with E-state index in [-0.39, 0.29) is 21.6 Å². The number of carboxylic acid groups (broad SMARTS) is 1. The van der Waals surface area contributed by atoms with Crippen LogP contribution in [-0.2, 0) is 4.79 Å². The van der Waals surface area contributed by atoms with E-state index < -0.39 is 28.7 Å². The molecule has 0 spiro atoms. The molecule has 5 rings (SSSR count). The fourth-order valence-electron chi connectivity index (χ4n) is 3.69. The van der Waals surface area contributed by atoms with Gasteiger partial charge in [-0.2, -0.15) is 9.78 Å². The van der Waals surface area contributed by atoms with Gasteiger partial charge in [0.25, 0.3) is 5.56 Å². The summed E-state index contributed by atoms with van der Waals surface area (Å²) in [6, 6.07) is 18.5. The van der Waals surface area contributed by atoms with Crippen molar-refractivity contribution in [3.63, 3.8) is 0 Å². The van der Waals surface area contributed by atoms with E-state index in [1.54, 1.807) is 36.4 Å². The average molecular weight is 563 g/mol. The van der Waals surface area contributed by atoms with Crippen molar-refractivity contribution >= 4 is 55.7 Å². The molecule has 0 amide bonds. The predicted molar refractivity (Wildman–Crippen MR) is 138 cm³/mol. The van der Waals surface area contributed by atoms with Crippen LogP contribution in [0.1, 0.15) is 5.56 Å². The summed E-state index contributed by atoms with van der Waals surface area (Å²) < 4.78 is 12.2. The molecule has 0 atom stereocenters. The van der Waals surface area contributed by atoms with E-state index in [0.717, 1.165) is 16.1 Å². The Hall–Kier alpha value is -4.84. The van der Waals surface area contributed by atoms with Crippen molar-refractivity contribution in [2.45, 2.75) is 0 Å². The minimum absolute atomic E-state index is 0.144. The van der Waals surface area contributed by atoms with Crippen LogP contribution in [0.2, 0.25) is 0 Å². The molecule has 2 heterocycles. The molecule has 0 aliphatic rings. The van der Waals surface area contributed by atoms with Crippen LogP contribution in [0.4, 0.5) is 5.69 Å². The van der Waals surface area contributed by atoms with Crippen LogP contribution in [0.3, 0.4) is 0 Å². The number of aliphatic carboxylic acids is 1. The molecule has 0 saturated heterocycles. The summed E-state index contributed by atoms with van der Waals surface area (Å²) >= 11 is 3.18. The smallest absolute Gasteiger partial charge is 0.341 e. The number of fused-ring (bicyclic) bond motifs is 2. The number of rotatable bonds is 7. The van der Waals surface area contributed by atoms with Crippen LogP contribution in [0.5, 0.6) is 5.75 Å². The number of ether oxygens (including phenoxy) is 1. The highest BCUT2D eigenvalue weighted by atomic mass is 79.9. The second-order valence-electron chi connectivity index (χ2n) is 7.75. The van der Waals surface area contributed by atoms with Gasteiger partial charge in [-0.15, -0.1) is 0 Å². The highest BCUT2D eigenvalue weighted by molar-refractivity contribution is 9.10. The van der Waals surface area contributed by atoms with Gasteiger partial charge in [0.1, 0.15) is 5.58 Å². The quantitative estimate of drug-likeness (QED) is 0.168. The Morgan fingerprint density at radius 1 is 1.19 bits per heavy atom. The van der Waals surface area contributed by atoms with Crippen LogP contribution in [0.25, 0.3) is 33.5 Å². The van der Waals surface area contributed by atoms with Crippen molar-refractivity contribution < 1.29 is 24.0 Å². The molecule has 37 heavy (non-hydrogen) atoms. The van der Waals surface area contributed by atoms with E-state index in [4.69, 9.17) is 14.3 Å². The monoisotopic (exact) mass is 562 g/mol. The minimum Gasteiger partial charge on any atom is -0.479 e. The zero-order valence-electron chi connectivity index (χ0n) is 18.7. The molecule has 11 nitrogen and oxygen atoms in total. The molecule has 0 saturated carbocycles. The zero-order chi connectivity index (χ0) is 26.1. The third-order valence-electron chi connectivity index (χ3n) is 5.30. The van der Waals surface area contributed by atoms with Gasteiger partial charge >= 0.3 is 11.7 Å². The van der Waals surface area contributed by atoms with Gasteiger partial charge < -0.3 is 14.3 Å². The number of carboxylic acids is 1. The minimum atomic E-state index is -1.28. The number of halogens is 1. The van der Waals surface area contributed by atoms with E-state index >= 15 is 0 Å². The highest BCUT2D eigenvalue weighted by Crippen LogP contribution is 2.36. The molecule has 0 radical (unpaired) electrons. The molecule has 0 aliphatic heterocycles. The highest BCUT2D eigenvalue weighted by Gasteiger charge is 2.21. The Kier molecular flexibility index (Phi) is 6.24. The van der Waals surface area contributed by atoms with E-state index in [2.05, 4.69) is 26.0 Å². The van der Waals surface area contributed by atoms with E-state index in [1.165, 1.54) is 12.3 Å². The fourth-order valence-corrected chi connectivity index (χ4v) is 4.27. The predicted octanol–water partition coefficient (Wildman–Crippen LogP) is 4.83. The molecule has 184 valence electrons. The molecule has 12 heteroatoms. The lowest BCUT2D eigenvalue weighted by molar-refractivity contribution is -0.385. The third-order valence-corrected chi connectivity index (χ3v) is 5.89. The number of hydrogen-bond acceptors (Lipinski definition) is 8. The van der Waals surface area contributed by atoms with Crippen LogP contribution >= 0.6 is 15.9 Å². The molecule has 0 aliphatic carbocycles. The average Bonchev–Trinajstić information content (AvgIpc) is 3.31. The van der Waals surface area contributed by atoms with Gasteiger partial charge in [-0.25, -0.2) is 9.78 Å². The Bertz CT molecular complexity index is 1760. The number of nitro benzene ring substituents is 1. The van der Waals surface area contributed by atoms with Crippen molar-refractivity contribution in [2.24, 2.45) is 5.10 Å². The maximum Gasteiger partial charge on any atom is 0.341 e. The van der Waals surface area contributed by atoms with Crippen LogP contribution in [0, 0.1) is 10.1 Å². The third kappa shape index (κ3) is 4.69. The first-order valence-corrected chi connectivity index (χ1v) is 11.5.